The Hall–Kier alpha value is -1.43. The number of carboxylic acids is 1. The lowest BCUT2D eigenvalue weighted by atomic mass is 10.1. The monoisotopic (exact) mass is 304 g/mol. The molecule has 2 N–H and O–H groups in total. The van der Waals surface area contributed by atoms with Crippen LogP contribution in [0.15, 0.2) is 0 Å². The minimum atomic E-state index is -1.14. The van der Waals surface area contributed by atoms with Crippen LogP contribution in [-0.4, -0.2) is 47.4 Å². The summed E-state index contributed by atoms with van der Waals surface area (Å²) in [6, 6.07) is -1.05. The molecule has 21 heavy (non-hydrogen) atoms. The van der Waals surface area contributed by atoms with E-state index in [1.807, 2.05) is 34.7 Å². The number of carboxylic acid groups (broad SMARTS) is 1. The van der Waals surface area contributed by atoms with Crippen LogP contribution >= 0.6 is 0 Å². The Kier molecular flexibility index (Phi) is 19.5. The van der Waals surface area contributed by atoms with Gasteiger partial charge in [-0.15, -0.1) is 0 Å². The second-order valence-corrected chi connectivity index (χ2v) is 3.86. The van der Waals surface area contributed by atoms with Crippen LogP contribution in [0.1, 0.15) is 60.8 Å². The van der Waals surface area contributed by atoms with Crippen molar-refractivity contribution in [2.75, 3.05) is 13.6 Å². The van der Waals surface area contributed by atoms with E-state index in [2.05, 4.69) is 5.32 Å². The summed E-state index contributed by atoms with van der Waals surface area (Å²) in [6.45, 7) is 11.2. The number of nitrogens with zero attached hydrogens (tertiary/aromatic N) is 1. The highest BCUT2D eigenvalue weighted by Gasteiger charge is 2.30. The van der Waals surface area contributed by atoms with Crippen molar-refractivity contribution >= 4 is 17.8 Å². The van der Waals surface area contributed by atoms with Gasteiger partial charge in [0, 0.05) is 13.8 Å². The number of hydrogen-bond acceptors (Lipinski definition) is 4. The highest BCUT2D eigenvalue weighted by molar-refractivity contribution is 5.97. The fourth-order valence-electron chi connectivity index (χ4n) is 1.66. The molecule has 0 radical (unpaired) electrons. The Balaban J connectivity index is -0.000000739. The number of carbonyl (C=O) groups excluding carboxylic acids is 2. The molecule has 0 heterocycles. The predicted molar refractivity (Wildman–Crippen MR) is 85.1 cm³/mol. The molecule has 0 spiro atoms. The van der Waals surface area contributed by atoms with Crippen molar-refractivity contribution in [1.82, 2.24) is 10.2 Å². The van der Waals surface area contributed by atoms with Gasteiger partial charge in [-0.1, -0.05) is 27.7 Å². The molecule has 126 valence electrons. The number of nitrogens with one attached hydrogen (secondary N) is 1. The van der Waals surface area contributed by atoms with Crippen LogP contribution in [0.25, 0.3) is 0 Å². The number of imide groups is 1. The predicted octanol–water partition coefficient (Wildman–Crippen LogP) is 2.28. The minimum Gasteiger partial charge on any atom is -0.480 e. The standard InChI is InChI=1S/C11H20N2O4.2C2H6/c1-8(14)13(9(2)15)10(11(16)17)6-4-5-7-12-3;2*1-2/h10,12H,4-7H2,1-3H3,(H,16,17);2*1-2H3. The molecule has 0 rings (SSSR count). The molecule has 0 saturated carbocycles. The average Bonchev–Trinajstić information content (AvgIpc) is 2.45. The van der Waals surface area contributed by atoms with Gasteiger partial charge in [0.1, 0.15) is 6.04 Å². The van der Waals surface area contributed by atoms with E-state index in [9.17, 15) is 14.4 Å². The maximum atomic E-state index is 11.2. The molecule has 0 aliphatic carbocycles. The summed E-state index contributed by atoms with van der Waals surface area (Å²) >= 11 is 0. The fraction of sp³-hybridized carbons (Fsp3) is 0.800. The van der Waals surface area contributed by atoms with Gasteiger partial charge in [-0.3, -0.25) is 14.5 Å². The Morgan fingerprint density at radius 2 is 1.43 bits per heavy atom. The molecule has 2 amide bonds. The summed E-state index contributed by atoms with van der Waals surface area (Å²) in [5.74, 6) is -2.20. The molecule has 0 aliphatic rings. The third-order valence-corrected chi connectivity index (χ3v) is 2.43. The first-order valence-electron chi connectivity index (χ1n) is 7.59. The molecule has 0 fully saturated rings. The first-order valence-corrected chi connectivity index (χ1v) is 7.59. The summed E-state index contributed by atoms with van der Waals surface area (Å²) in [4.78, 5) is 34.4. The van der Waals surface area contributed by atoms with Crippen LogP contribution in [0.4, 0.5) is 0 Å². The van der Waals surface area contributed by atoms with Gasteiger partial charge in [0.05, 0.1) is 0 Å². The van der Waals surface area contributed by atoms with Crippen molar-refractivity contribution in [3.05, 3.63) is 0 Å². The summed E-state index contributed by atoms with van der Waals surface area (Å²) in [5, 5.41) is 12.0. The number of unbranched alkanes of at least 4 members (excludes halogenated alkanes) is 1. The number of rotatable bonds is 7. The summed E-state index contributed by atoms with van der Waals surface area (Å²) in [5.41, 5.74) is 0. The van der Waals surface area contributed by atoms with E-state index >= 15 is 0 Å². The maximum absolute atomic E-state index is 11.2. The Morgan fingerprint density at radius 1 is 1.00 bits per heavy atom. The molecule has 0 aromatic rings. The molecule has 0 saturated heterocycles. The molecule has 6 heteroatoms. The smallest absolute Gasteiger partial charge is 0.326 e. The van der Waals surface area contributed by atoms with Crippen LogP contribution in [0.3, 0.4) is 0 Å². The molecule has 0 aromatic carbocycles. The van der Waals surface area contributed by atoms with Gasteiger partial charge in [-0.25, -0.2) is 4.79 Å². The van der Waals surface area contributed by atoms with Crippen molar-refractivity contribution in [1.29, 1.82) is 0 Å². The van der Waals surface area contributed by atoms with Gasteiger partial charge in [0.2, 0.25) is 11.8 Å². The van der Waals surface area contributed by atoms with Crippen molar-refractivity contribution < 1.29 is 19.5 Å². The lowest BCUT2D eigenvalue weighted by Gasteiger charge is -2.24. The number of carbonyl (C=O) groups is 3. The zero-order valence-corrected chi connectivity index (χ0v) is 14.5. The zero-order valence-electron chi connectivity index (χ0n) is 14.5. The van der Waals surface area contributed by atoms with Crippen LogP contribution in [0.5, 0.6) is 0 Å². The molecular weight excluding hydrogens is 272 g/mol. The second-order valence-electron chi connectivity index (χ2n) is 3.86. The Labute approximate surface area is 128 Å². The lowest BCUT2D eigenvalue weighted by molar-refractivity contribution is -0.156. The van der Waals surface area contributed by atoms with Gasteiger partial charge < -0.3 is 10.4 Å². The van der Waals surface area contributed by atoms with Gasteiger partial charge in [0.15, 0.2) is 0 Å². The van der Waals surface area contributed by atoms with Crippen molar-refractivity contribution in [2.45, 2.75) is 66.8 Å². The van der Waals surface area contributed by atoms with Crippen LogP contribution in [0.2, 0.25) is 0 Å². The fourth-order valence-corrected chi connectivity index (χ4v) is 1.66. The Morgan fingerprint density at radius 3 is 1.71 bits per heavy atom. The van der Waals surface area contributed by atoms with E-state index in [0.29, 0.717) is 6.42 Å². The largest absolute Gasteiger partial charge is 0.480 e. The van der Waals surface area contributed by atoms with Crippen molar-refractivity contribution in [2.24, 2.45) is 0 Å². The number of hydrogen-bond donors (Lipinski definition) is 2. The van der Waals surface area contributed by atoms with Crippen LogP contribution in [0, 0.1) is 0 Å². The highest BCUT2D eigenvalue weighted by atomic mass is 16.4. The molecule has 1 atom stereocenters. The zero-order chi connectivity index (χ0) is 17.4. The van der Waals surface area contributed by atoms with E-state index < -0.39 is 23.8 Å². The third kappa shape index (κ3) is 12.1. The van der Waals surface area contributed by atoms with E-state index in [1.165, 1.54) is 13.8 Å². The first kappa shape index (κ1) is 24.6. The second kappa shape index (κ2) is 16.6. The van der Waals surface area contributed by atoms with E-state index in [0.717, 1.165) is 17.9 Å². The van der Waals surface area contributed by atoms with Crippen LogP contribution < -0.4 is 5.32 Å². The average molecular weight is 304 g/mol. The first-order chi connectivity index (χ1) is 9.91. The normalized spacial score (nSPS) is 10.2. The van der Waals surface area contributed by atoms with E-state index in [4.69, 9.17) is 5.11 Å². The Bertz CT molecular complexity index is 279. The van der Waals surface area contributed by atoms with Crippen LogP contribution in [-0.2, 0) is 14.4 Å². The molecule has 0 aromatic heterocycles. The maximum Gasteiger partial charge on any atom is 0.326 e. The van der Waals surface area contributed by atoms with E-state index in [-0.39, 0.29) is 6.42 Å². The molecule has 0 bridgehead atoms. The van der Waals surface area contributed by atoms with Crippen molar-refractivity contribution in [3.63, 3.8) is 0 Å². The quantitative estimate of drug-likeness (QED) is 0.705. The van der Waals surface area contributed by atoms with Crippen molar-refractivity contribution in [3.8, 4) is 0 Å². The SMILES string of the molecule is CC.CC.CNCCCCC(C(=O)O)N(C(C)=O)C(C)=O. The molecule has 1 unspecified atom stereocenters. The molecule has 6 nitrogen and oxygen atoms in total. The van der Waals surface area contributed by atoms with Gasteiger partial charge >= 0.3 is 5.97 Å². The minimum absolute atomic E-state index is 0.288. The number of aliphatic carboxylic acids is 1. The van der Waals surface area contributed by atoms with Gasteiger partial charge in [-0.2, -0.15) is 0 Å². The molecular formula is C15H32N2O4. The summed E-state index contributed by atoms with van der Waals surface area (Å²) in [7, 11) is 1.81. The topological polar surface area (TPSA) is 86.7 Å². The summed E-state index contributed by atoms with van der Waals surface area (Å²) in [6.07, 6.45) is 1.75. The third-order valence-electron chi connectivity index (χ3n) is 2.43. The molecule has 0 aliphatic heterocycles. The van der Waals surface area contributed by atoms with Gasteiger partial charge in [0.25, 0.3) is 0 Å². The number of amides is 2. The van der Waals surface area contributed by atoms with E-state index in [1.54, 1.807) is 0 Å². The lowest BCUT2D eigenvalue weighted by Crippen LogP contribution is -2.46. The highest BCUT2D eigenvalue weighted by Crippen LogP contribution is 2.10. The summed E-state index contributed by atoms with van der Waals surface area (Å²) < 4.78 is 0. The van der Waals surface area contributed by atoms with Gasteiger partial charge in [-0.05, 0) is 32.9 Å².